The van der Waals surface area contributed by atoms with E-state index in [1.807, 2.05) is 11.0 Å². The summed E-state index contributed by atoms with van der Waals surface area (Å²) in [7, 11) is 0. The van der Waals surface area contributed by atoms with Crippen LogP contribution >= 0.6 is 0 Å². The lowest BCUT2D eigenvalue weighted by Crippen LogP contribution is -2.42. The maximum absolute atomic E-state index is 12.4. The van der Waals surface area contributed by atoms with Crippen LogP contribution in [-0.4, -0.2) is 30.0 Å². The van der Waals surface area contributed by atoms with Crippen molar-refractivity contribution in [2.24, 2.45) is 5.73 Å². The van der Waals surface area contributed by atoms with Crippen LogP contribution in [0.25, 0.3) is 0 Å². The van der Waals surface area contributed by atoms with Crippen molar-refractivity contribution in [3.05, 3.63) is 29.3 Å². The number of hydrogen-bond donors (Lipinski definition) is 1. The summed E-state index contributed by atoms with van der Waals surface area (Å²) in [5.74, 6) is 1.22. The van der Waals surface area contributed by atoms with Gasteiger partial charge in [-0.3, -0.25) is 4.79 Å². The first kappa shape index (κ1) is 14.4. The molecular formula is C17H24N2O2. The molecule has 114 valence electrons. The molecule has 2 aliphatic rings. The molecule has 2 heterocycles. The smallest absolute Gasteiger partial charge is 0.223 e. The van der Waals surface area contributed by atoms with E-state index in [0.29, 0.717) is 6.42 Å². The van der Waals surface area contributed by atoms with Crippen molar-refractivity contribution in [1.29, 1.82) is 0 Å². The first-order valence-corrected chi connectivity index (χ1v) is 8.01. The van der Waals surface area contributed by atoms with Gasteiger partial charge in [0.2, 0.25) is 5.91 Å². The molecule has 2 aliphatic heterocycles. The zero-order valence-corrected chi connectivity index (χ0v) is 12.7. The number of rotatable bonds is 3. The van der Waals surface area contributed by atoms with Crippen LogP contribution in [0.2, 0.25) is 0 Å². The number of carbonyl (C=O) groups excluding carboxylic acids is 1. The van der Waals surface area contributed by atoms with Crippen LogP contribution in [0.5, 0.6) is 5.75 Å². The van der Waals surface area contributed by atoms with Gasteiger partial charge >= 0.3 is 0 Å². The van der Waals surface area contributed by atoms with E-state index in [9.17, 15) is 4.79 Å². The number of ether oxygens (including phenoxy) is 1. The third kappa shape index (κ3) is 2.77. The molecule has 2 N–H and O–H groups in total. The predicted molar refractivity (Wildman–Crippen MR) is 82.2 cm³/mol. The Hall–Kier alpha value is -1.55. The highest BCUT2D eigenvalue weighted by Crippen LogP contribution is 2.34. The average molecular weight is 288 g/mol. The van der Waals surface area contributed by atoms with Crippen molar-refractivity contribution < 1.29 is 9.53 Å². The van der Waals surface area contributed by atoms with E-state index in [4.69, 9.17) is 10.5 Å². The third-order valence-corrected chi connectivity index (χ3v) is 4.51. The molecule has 3 rings (SSSR count). The van der Waals surface area contributed by atoms with Crippen LogP contribution in [0.3, 0.4) is 0 Å². The maximum Gasteiger partial charge on any atom is 0.223 e. The van der Waals surface area contributed by atoms with E-state index in [2.05, 4.69) is 19.1 Å². The van der Waals surface area contributed by atoms with Gasteiger partial charge in [0.25, 0.3) is 0 Å². The van der Waals surface area contributed by atoms with E-state index in [1.165, 1.54) is 5.56 Å². The summed E-state index contributed by atoms with van der Waals surface area (Å²) in [6.45, 7) is 3.65. The van der Waals surface area contributed by atoms with E-state index in [1.54, 1.807) is 0 Å². The molecule has 0 radical (unpaired) electrons. The zero-order valence-electron chi connectivity index (χ0n) is 12.7. The fourth-order valence-electron chi connectivity index (χ4n) is 3.50. The van der Waals surface area contributed by atoms with Crippen molar-refractivity contribution in [2.45, 2.75) is 51.1 Å². The molecule has 21 heavy (non-hydrogen) atoms. The van der Waals surface area contributed by atoms with Crippen molar-refractivity contribution in [2.75, 3.05) is 13.2 Å². The fourth-order valence-corrected chi connectivity index (χ4v) is 3.50. The van der Waals surface area contributed by atoms with Crippen LogP contribution in [0.15, 0.2) is 18.2 Å². The van der Waals surface area contributed by atoms with Gasteiger partial charge in [-0.2, -0.15) is 0 Å². The molecule has 1 fully saturated rings. The Morgan fingerprint density at radius 3 is 3.05 bits per heavy atom. The summed E-state index contributed by atoms with van der Waals surface area (Å²) in [5.41, 5.74) is 8.82. The molecule has 1 aromatic rings. The molecule has 4 heteroatoms. The lowest BCUT2D eigenvalue weighted by atomic mass is 9.94. The van der Waals surface area contributed by atoms with Crippen molar-refractivity contribution in [3.8, 4) is 5.75 Å². The van der Waals surface area contributed by atoms with E-state index in [0.717, 1.165) is 50.1 Å². The fraction of sp³-hybridized carbons (Fsp3) is 0.588. The van der Waals surface area contributed by atoms with Gasteiger partial charge in [-0.15, -0.1) is 0 Å². The normalized spacial score (nSPS) is 25.4. The van der Waals surface area contributed by atoms with Gasteiger partial charge < -0.3 is 15.4 Å². The van der Waals surface area contributed by atoms with Gasteiger partial charge in [-0.25, -0.2) is 0 Å². The van der Waals surface area contributed by atoms with Crippen LogP contribution in [-0.2, 0) is 11.2 Å². The average Bonchev–Trinajstić information content (AvgIpc) is 2.89. The quantitative estimate of drug-likeness (QED) is 0.929. The van der Waals surface area contributed by atoms with Crippen molar-refractivity contribution in [1.82, 2.24) is 4.90 Å². The highest BCUT2D eigenvalue weighted by molar-refractivity contribution is 5.77. The minimum atomic E-state index is 0.00542. The van der Waals surface area contributed by atoms with Crippen molar-refractivity contribution in [3.63, 3.8) is 0 Å². The number of hydrogen-bond acceptors (Lipinski definition) is 3. The topological polar surface area (TPSA) is 55.6 Å². The number of nitrogens with two attached hydrogens (primary N) is 1. The maximum atomic E-state index is 12.4. The molecule has 4 nitrogen and oxygen atoms in total. The Bertz CT molecular complexity index is 530. The van der Waals surface area contributed by atoms with Gasteiger partial charge in [0.15, 0.2) is 0 Å². The minimum Gasteiger partial charge on any atom is -0.493 e. The standard InChI is InChI=1S/C17H24N2O2/c1-2-9-19-16(20)5-3-4-14(18)17(19)13-6-7-15-12(11-13)8-10-21-15/h6-7,11,14,17H,2-5,8-10,18H2,1H3. The summed E-state index contributed by atoms with van der Waals surface area (Å²) in [5, 5.41) is 0. The second-order valence-electron chi connectivity index (χ2n) is 6.05. The van der Waals surface area contributed by atoms with Crippen LogP contribution in [0.1, 0.15) is 49.8 Å². The summed E-state index contributed by atoms with van der Waals surface area (Å²) in [6.07, 6.45) is 4.34. The lowest BCUT2D eigenvalue weighted by molar-refractivity contribution is -0.133. The summed E-state index contributed by atoms with van der Waals surface area (Å²) >= 11 is 0. The van der Waals surface area contributed by atoms with Crippen LogP contribution < -0.4 is 10.5 Å². The largest absolute Gasteiger partial charge is 0.493 e. The Morgan fingerprint density at radius 2 is 2.24 bits per heavy atom. The Balaban J connectivity index is 1.96. The first-order valence-electron chi connectivity index (χ1n) is 8.01. The SMILES string of the molecule is CCCN1C(=O)CCCC(N)C1c1ccc2c(c1)CCO2. The molecule has 0 aliphatic carbocycles. The van der Waals surface area contributed by atoms with E-state index >= 15 is 0 Å². The van der Waals surface area contributed by atoms with E-state index in [-0.39, 0.29) is 18.0 Å². The summed E-state index contributed by atoms with van der Waals surface area (Å²) in [4.78, 5) is 14.4. The molecule has 0 saturated carbocycles. The second-order valence-corrected chi connectivity index (χ2v) is 6.05. The Morgan fingerprint density at radius 1 is 1.38 bits per heavy atom. The first-order chi connectivity index (χ1) is 10.2. The zero-order chi connectivity index (χ0) is 14.8. The predicted octanol–water partition coefficient (Wildman–Crippen LogP) is 2.41. The minimum absolute atomic E-state index is 0.00542. The van der Waals surface area contributed by atoms with Gasteiger partial charge in [-0.05, 0) is 42.5 Å². The highest BCUT2D eigenvalue weighted by atomic mass is 16.5. The molecule has 1 amide bonds. The van der Waals surface area contributed by atoms with Gasteiger partial charge in [0, 0.05) is 25.4 Å². The molecule has 2 atom stereocenters. The van der Waals surface area contributed by atoms with Crippen molar-refractivity contribution >= 4 is 5.91 Å². The Labute approximate surface area is 126 Å². The molecule has 1 saturated heterocycles. The second kappa shape index (κ2) is 6.06. The lowest BCUT2D eigenvalue weighted by Gasteiger charge is -2.34. The molecule has 0 aromatic heterocycles. The number of fused-ring (bicyclic) bond motifs is 1. The number of likely N-dealkylation sites (tertiary alicyclic amines) is 1. The van der Waals surface area contributed by atoms with Gasteiger partial charge in [0.1, 0.15) is 5.75 Å². The number of amides is 1. The molecule has 2 unspecified atom stereocenters. The number of nitrogens with zero attached hydrogens (tertiary/aromatic N) is 1. The van der Waals surface area contributed by atoms with E-state index < -0.39 is 0 Å². The highest BCUT2D eigenvalue weighted by Gasteiger charge is 2.32. The third-order valence-electron chi connectivity index (χ3n) is 4.51. The van der Waals surface area contributed by atoms with Crippen LogP contribution in [0.4, 0.5) is 0 Å². The molecular weight excluding hydrogens is 264 g/mol. The van der Waals surface area contributed by atoms with Gasteiger partial charge in [0.05, 0.1) is 12.6 Å². The molecule has 1 aromatic carbocycles. The molecule has 0 spiro atoms. The summed E-state index contributed by atoms with van der Waals surface area (Å²) < 4.78 is 5.58. The molecule has 0 bridgehead atoms. The summed E-state index contributed by atoms with van der Waals surface area (Å²) in [6, 6.07) is 6.32. The number of benzene rings is 1. The number of carbonyl (C=O) groups is 1. The monoisotopic (exact) mass is 288 g/mol. The van der Waals surface area contributed by atoms with Crippen LogP contribution in [0, 0.1) is 0 Å². The van der Waals surface area contributed by atoms with Gasteiger partial charge in [-0.1, -0.05) is 13.0 Å². The Kier molecular flexibility index (Phi) is 4.15.